The van der Waals surface area contributed by atoms with E-state index in [0.717, 1.165) is 25.7 Å². The molecule has 0 aliphatic heterocycles. The lowest BCUT2D eigenvalue weighted by molar-refractivity contribution is -0.136. The Morgan fingerprint density at radius 1 is 1.26 bits per heavy atom. The number of carbonyl (C=O) groups excluding carboxylic acids is 1. The summed E-state index contributed by atoms with van der Waals surface area (Å²) in [5, 5.41) is 11.3. The Morgan fingerprint density at radius 2 is 1.96 bits per heavy atom. The van der Waals surface area contributed by atoms with Crippen LogP contribution in [0.1, 0.15) is 37.7 Å². The fourth-order valence-corrected chi connectivity index (χ4v) is 2.99. The molecule has 0 heterocycles. The molecule has 2 amide bonds. The first-order valence-electron chi connectivity index (χ1n) is 8.07. The summed E-state index contributed by atoms with van der Waals surface area (Å²) in [7, 11) is 0. The van der Waals surface area contributed by atoms with E-state index in [9.17, 15) is 14.0 Å². The topological polar surface area (TPSA) is 69.6 Å². The third-order valence-corrected chi connectivity index (χ3v) is 4.22. The van der Waals surface area contributed by atoms with E-state index in [1.165, 1.54) is 6.07 Å². The number of carboxylic acids is 1. The zero-order chi connectivity index (χ0) is 16.7. The largest absolute Gasteiger partial charge is 0.481 e. The molecule has 0 atom stereocenters. The predicted octanol–water partition coefficient (Wildman–Crippen LogP) is 2.80. The number of benzene rings is 1. The van der Waals surface area contributed by atoms with E-state index >= 15 is 0 Å². The predicted molar refractivity (Wildman–Crippen MR) is 84.7 cm³/mol. The fraction of sp³-hybridized carbons (Fsp3) is 0.529. The molecule has 5 nitrogen and oxygen atoms in total. The lowest BCUT2D eigenvalue weighted by Crippen LogP contribution is -2.46. The standard InChI is InChI=1S/C17H23FN2O3/c18-15-8-4-1-5-13(15)10-12-20(14-6-2-3-7-14)17(23)19-11-9-16(21)22/h1,4-5,8,14H,2-3,6-7,9-12H2,(H,19,23)(H,21,22). The lowest BCUT2D eigenvalue weighted by atomic mass is 10.1. The highest BCUT2D eigenvalue weighted by Gasteiger charge is 2.26. The Kier molecular flexibility index (Phi) is 6.38. The van der Waals surface area contributed by atoms with Gasteiger partial charge in [0.1, 0.15) is 5.82 Å². The van der Waals surface area contributed by atoms with Gasteiger partial charge in [0, 0.05) is 19.1 Å². The quantitative estimate of drug-likeness (QED) is 0.811. The van der Waals surface area contributed by atoms with E-state index < -0.39 is 5.97 Å². The van der Waals surface area contributed by atoms with Crippen LogP contribution in [0.5, 0.6) is 0 Å². The number of nitrogens with zero attached hydrogens (tertiary/aromatic N) is 1. The monoisotopic (exact) mass is 322 g/mol. The summed E-state index contributed by atoms with van der Waals surface area (Å²) in [6.07, 6.45) is 4.42. The third-order valence-electron chi connectivity index (χ3n) is 4.22. The van der Waals surface area contributed by atoms with Crippen molar-refractivity contribution >= 4 is 12.0 Å². The van der Waals surface area contributed by atoms with Crippen LogP contribution >= 0.6 is 0 Å². The van der Waals surface area contributed by atoms with Gasteiger partial charge < -0.3 is 15.3 Å². The first-order chi connectivity index (χ1) is 11.1. The van der Waals surface area contributed by atoms with Crippen LogP contribution in [0, 0.1) is 5.82 Å². The zero-order valence-corrected chi connectivity index (χ0v) is 13.1. The summed E-state index contributed by atoms with van der Waals surface area (Å²) in [5.74, 6) is -1.20. The molecule has 0 saturated heterocycles. The van der Waals surface area contributed by atoms with E-state index in [4.69, 9.17) is 5.11 Å². The molecule has 1 fully saturated rings. The first-order valence-corrected chi connectivity index (χ1v) is 8.07. The van der Waals surface area contributed by atoms with Crippen LogP contribution in [0.2, 0.25) is 0 Å². The molecule has 0 aromatic heterocycles. The van der Waals surface area contributed by atoms with Crippen molar-refractivity contribution in [1.29, 1.82) is 0 Å². The highest BCUT2D eigenvalue weighted by Crippen LogP contribution is 2.24. The van der Waals surface area contributed by atoms with Crippen molar-refractivity contribution in [3.8, 4) is 0 Å². The molecule has 1 aromatic rings. The van der Waals surface area contributed by atoms with Crippen LogP contribution < -0.4 is 5.32 Å². The molecule has 2 rings (SSSR count). The summed E-state index contributed by atoms with van der Waals surface area (Å²) in [5.41, 5.74) is 0.592. The molecule has 126 valence electrons. The van der Waals surface area contributed by atoms with E-state index in [0.29, 0.717) is 18.5 Å². The number of hydrogen-bond acceptors (Lipinski definition) is 2. The van der Waals surface area contributed by atoms with Crippen molar-refractivity contribution in [1.82, 2.24) is 10.2 Å². The Hall–Kier alpha value is -2.11. The zero-order valence-electron chi connectivity index (χ0n) is 13.1. The number of halogens is 1. The van der Waals surface area contributed by atoms with Gasteiger partial charge in [-0.25, -0.2) is 9.18 Å². The molecule has 6 heteroatoms. The molecular formula is C17H23FN2O3. The molecule has 0 radical (unpaired) electrons. The minimum Gasteiger partial charge on any atom is -0.481 e. The second kappa shape index (κ2) is 8.50. The SMILES string of the molecule is O=C(O)CCNC(=O)N(CCc1ccccc1F)C1CCCC1. The third kappa shape index (κ3) is 5.23. The number of rotatable bonds is 7. The van der Waals surface area contributed by atoms with Crippen molar-refractivity contribution in [2.45, 2.75) is 44.6 Å². The molecular weight excluding hydrogens is 299 g/mol. The van der Waals surface area contributed by atoms with Gasteiger partial charge in [-0.05, 0) is 30.9 Å². The molecule has 1 aliphatic rings. The molecule has 0 spiro atoms. The Bertz CT molecular complexity index is 544. The van der Waals surface area contributed by atoms with Gasteiger partial charge in [-0.1, -0.05) is 31.0 Å². The van der Waals surface area contributed by atoms with Gasteiger partial charge in [0.15, 0.2) is 0 Å². The fourth-order valence-electron chi connectivity index (χ4n) is 2.99. The maximum absolute atomic E-state index is 13.7. The van der Waals surface area contributed by atoms with Gasteiger partial charge in [-0.15, -0.1) is 0 Å². The first kappa shape index (κ1) is 17.2. The molecule has 1 aromatic carbocycles. The normalized spacial score (nSPS) is 14.7. The Labute approximate surface area is 135 Å². The lowest BCUT2D eigenvalue weighted by Gasteiger charge is -2.29. The van der Waals surface area contributed by atoms with E-state index in [1.807, 2.05) is 0 Å². The summed E-state index contributed by atoms with van der Waals surface area (Å²) < 4.78 is 13.7. The van der Waals surface area contributed by atoms with Crippen molar-refractivity contribution < 1.29 is 19.1 Å². The second-order valence-electron chi connectivity index (χ2n) is 5.85. The van der Waals surface area contributed by atoms with Gasteiger partial charge in [-0.2, -0.15) is 0 Å². The summed E-state index contributed by atoms with van der Waals surface area (Å²) in [4.78, 5) is 24.6. The maximum Gasteiger partial charge on any atom is 0.317 e. The van der Waals surface area contributed by atoms with Gasteiger partial charge in [-0.3, -0.25) is 4.79 Å². The number of hydrogen-bond donors (Lipinski definition) is 2. The van der Waals surface area contributed by atoms with Crippen molar-refractivity contribution in [2.24, 2.45) is 0 Å². The highest BCUT2D eigenvalue weighted by atomic mass is 19.1. The Morgan fingerprint density at radius 3 is 2.61 bits per heavy atom. The number of urea groups is 1. The number of aliphatic carboxylic acids is 1. The van der Waals surface area contributed by atoms with E-state index in [2.05, 4.69) is 5.32 Å². The van der Waals surface area contributed by atoms with Crippen LogP contribution in [0.3, 0.4) is 0 Å². The number of nitrogens with one attached hydrogen (secondary N) is 1. The van der Waals surface area contributed by atoms with Crippen LogP contribution in [0.25, 0.3) is 0 Å². The van der Waals surface area contributed by atoms with Gasteiger partial charge in [0.05, 0.1) is 6.42 Å². The van der Waals surface area contributed by atoms with Crippen LogP contribution in [-0.4, -0.2) is 41.1 Å². The van der Waals surface area contributed by atoms with Crippen LogP contribution in [0.15, 0.2) is 24.3 Å². The highest BCUT2D eigenvalue weighted by molar-refractivity contribution is 5.75. The summed E-state index contributed by atoms with van der Waals surface area (Å²) >= 11 is 0. The molecule has 1 aliphatic carbocycles. The minimum atomic E-state index is -0.941. The van der Waals surface area contributed by atoms with Crippen molar-refractivity contribution in [3.63, 3.8) is 0 Å². The van der Waals surface area contributed by atoms with Gasteiger partial charge in [0.25, 0.3) is 0 Å². The number of carboxylic acid groups (broad SMARTS) is 1. The van der Waals surface area contributed by atoms with Crippen LogP contribution in [0.4, 0.5) is 9.18 Å². The smallest absolute Gasteiger partial charge is 0.317 e. The van der Waals surface area contributed by atoms with Crippen LogP contribution in [-0.2, 0) is 11.2 Å². The average molecular weight is 322 g/mol. The maximum atomic E-state index is 13.7. The average Bonchev–Trinajstić information content (AvgIpc) is 3.03. The Balaban J connectivity index is 1.95. The summed E-state index contributed by atoms with van der Waals surface area (Å²) in [6.45, 7) is 0.543. The molecule has 1 saturated carbocycles. The minimum absolute atomic E-state index is 0.0996. The van der Waals surface area contributed by atoms with Crippen molar-refractivity contribution in [2.75, 3.05) is 13.1 Å². The molecule has 23 heavy (non-hydrogen) atoms. The number of carbonyl (C=O) groups is 2. The van der Waals surface area contributed by atoms with E-state index in [1.54, 1.807) is 23.1 Å². The molecule has 0 bridgehead atoms. The van der Waals surface area contributed by atoms with Gasteiger partial charge >= 0.3 is 12.0 Å². The van der Waals surface area contributed by atoms with Crippen molar-refractivity contribution in [3.05, 3.63) is 35.6 Å². The molecule has 2 N–H and O–H groups in total. The van der Waals surface area contributed by atoms with Gasteiger partial charge in [0.2, 0.25) is 0 Å². The summed E-state index contributed by atoms with van der Waals surface area (Å²) in [6, 6.07) is 6.48. The molecule has 0 unspecified atom stereocenters. The second-order valence-corrected chi connectivity index (χ2v) is 5.85. The number of amides is 2. The van der Waals surface area contributed by atoms with E-state index in [-0.39, 0.29) is 30.9 Å².